The first-order valence-electron chi connectivity index (χ1n) is 13.4. The van der Waals surface area contributed by atoms with Gasteiger partial charge < -0.3 is 29.4 Å². The second-order valence-electron chi connectivity index (χ2n) is 9.70. The Hall–Kier alpha value is -5.36. The molecule has 2 aromatic heterocycles. The third-order valence-electron chi connectivity index (χ3n) is 6.23. The normalized spacial score (nSPS) is 11.3. The average molecular weight is 584 g/mol. The zero-order chi connectivity index (χ0) is 30.3. The molecule has 0 saturated carbocycles. The highest BCUT2D eigenvalue weighted by Gasteiger charge is 2.15. The maximum Gasteiger partial charge on any atom is 0.248 e. The number of halogens is 1. The summed E-state index contributed by atoms with van der Waals surface area (Å²) in [5, 5.41) is 14.5. The summed E-state index contributed by atoms with van der Waals surface area (Å²) in [5.74, 6) is 1.59. The Morgan fingerprint density at radius 3 is 2.63 bits per heavy atom. The number of rotatable bonds is 11. The highest BCUT2D eigenvalue weighted by molar-refractivity contribution is 6.03. The number of fused-ring (bicyclic) bond motifs is 1. The summed E-state index contributed by atoms with van der Waals surface area (Å²) in [6.07, 6.45) is 5.20. The molecule has 12 heteroatoms. The van der Waals surface area contributed by atoms with E-state index < -0.39 is 5.82 Å². The van der Waals surface area contributed by atoms with E-state index in [9.17, 15) is 4.79 Å². The van der Waals surface area contributed by atoms with Gasteiger partial charge in [-0.25, -0.2) is 14.4 Å². The molecular formula is C31H30FN7O4. The summed E-state index contributed by atoms with van der Waals surface area (Å²) in [7, 11) is 5.32. The standard InChI is InChI=1S/C31H30FN7O4/c1-5-29-37-38-31(43-29)19-8-6-9-20(14-19)42-21-11-12-24(23(32)15-21)36-30-22-16-26(35-28(40)10-7-13-39(2)3)27(41-4)17-25(22)33-18-34-30/h6-12,14-18H,5,13H2,1-4H3,(H,35,40)(H,33,34,36)/b10-7+. The van der Waals surface area contributed by atoms with Crippen molar-refractivity contribution in [3.63, 3.8) is 0 Å². The molecular weight excluding hydrogens is 553 g/mol. The van der Waals surface area contributed by atoms with Crippen molar-refractivity contribution >= 4 is 34.0 Å². The van der Waals surface area contributed by atoms with Crippen LogP contribution in [-0.2, 0) is 11.2 Å². The van der Waals surface area contributed by atoms with Gasteiger partial charge in [0, 0.05) is 42.1 Å². The monoisotopic (exact) mass is 583 g/mol. The summed E-state index contributed by atoms with van der Waals surface area (Å²) >= 11 is 0. The van der Waals surface area contributed by atoms with Gasteiger partial charge in [-0.1, -0.05) is 19.1 Å². The van der Waals surface area contributed by atoms with Crippen LogP contribution in [0.4, 0.5) is 21.6 Å². The third kappa shape index (κ3) is 7.11. The molecule has 0 aliphatic carbocycles. The number of benzene rings is 3. The fourth-order valence-electron chi connectivity index (χ4n) is 4.13. The van der Waals surface area contributed by atoms with Gasteiger partial charge in [-0.15, -0.1) is 10.2 Å². The van der Waals surface area contributed by atoms with Crippen LogP contribution in [0.15, 0.2) is 77.5 Å². The van der Waals surface area contributed by atoms with E-state index in [1.807, 2.05) is 32.0 Å². The van der Waals surface area contributed by atoms with Crippen LogP contribution in [0.3, 0.4) is 0 Å². The largest absolute Gasteiger partial charge is 0.494 e. The van der Waals surface area contributed by atoms with Crippen molar-refractivity contribution in [2.75, 3.05) is 38.4 Å². The van der Waals surface area contributed by atoms with Gasteiger partial charge in [-0.3, -0.25) is 4.79 Å². The molecule has 0 radical (unpaired) electrons. The molecule has 11 nitrogen and oxygen atoms in total. The lowest BCUT2D eigenvalue weighted by atomic mass is 10.1. The lowest BCUT2D eigenvalue weighted by molar-refractivity contribution is -0.111. The number of likely N-dealkylation sites (N-methyl/N-ethyl adjacent to an activating group) is 1. The van der Waals surface area contributed by atoms with Gasteiger partial charge >= 0.3 is 0 Å². The van der Waals surface area contributed by atoms with Gasteiger partial charge in [0.05, 0.1) is 24.0 Å². The number of nitrogens with zero attached hydrogens (tertiary/aromatic N) is 5. The molecule has 43 heavy (non-hydrogen) atoms. The molecule has 0 unspecified atom stereocenters. The molecule has 0 aliphatic heterocycles. The van der Waals surface area contributed by atoms with Gasteiger partial charge in [-0.05, 0) is 50.5 Å². The lowest BCUT2D eigenvalue weighted by Gasteiger charge is -2.14. The van der Waals surface area contributed by atoms with Crippen molar-refractivity contribution in [2.45, 2.75) is 13.3 Å². The number of carbonyl (C=O) groups is 1. The lowest BCUT2D eigenvalue weighted by Crippen LogP contribution is -2.13. The molecule has 3 aromatic carbocycles. The number of hydrogen-bond donors (Lipinski definition) is 2. The topological polar surface area (TPSA) is 128 Å². The summed E-state index contributed by atoms with van der Waals surface area (Å²) in [4.78, 5) is 23.0. The van der Waals surface area contributed by atoms with Crippen molar-refractivity contribution in [1.29, 1.82) is 0 Å². The quantitative estimate of drug-likeness (QED) is 0.179. The van der Waals surface area contributed by atoms with E-state index in [2.05, 4.69) is 30.8 Å². The number of nitrogens with one attached hydrogen (secondary N) is 2. The number of methoxy groups -OCH3 is 1. The van der Waals surface area contributed by atoms with Crippen LogP contribution in [0.2, 0.25) is 0 Å². The number of hydrogen-bond acceptors (Lipinski definition) is 10. The van der Waals surface area contributed by atoms with Crippen molar-refractivity contribution in [2.24, 2.45) is 0 Å². The Balaban J connectivity index is 1.35. The third-order valence-corrected chi connectivity index (χ3v) is 6.23. The first-order valence-corrected chi connectivity index (χ1v) is 13.4. The molecule has 0 fully saturated rings. The highest BCUT2D eigenvalue weighted by atomic mass is 19.1. The fraction of sp³-hybridized carbons (Fsp3) is 0.194. The predicted molar refractivity (Wildman–Crippen MR) is 161 cm³/mol. The molecule has 5 aromatic rings. The van der Waals surface area contributed by atoms with E-state index >= 15 is 4.39 Å². The summed E-state index contributed by atoms with van der Waals surface area (Å²) in [5.41, 5.74) is 1.83. The van der Waals surface area contributed by atoms with Crippen LogP contribution >= 0.6 is 0 Å². The average Bonchev–Trinajstić information content (AvgIpc) is 3.48. The highest BCUT2D eigenvalue weighted by Crippen LogP contribution is 2.34. The molecule has 220 valence electrons. The smallest absolute Gasteiger partial charge is 0.248 e. The zero-order valence-electron chi connectivity index (χ0n) is 24.1. The Morgan fingerprint density at radius 2 is 1.88 bits per heavy atom. The van der Waals surface area contributed by atoms with Crippen LogP contribution in [0.1, 0.15) is 12.8 Å². The Labute approximate surface area is 247 Å². The molecule has 0 bridgehead atoms. The van der Waals surface area contributed by atoms with E-state index in [0.717, 1.165) is 0 Å². The van der Waals surface area contributed by atoms with Crippen molar-refractivity contribution in [3.05, 3.63) is 84.8 Å². The Morgan fingerprint density at radius 1 is 1.05 bits per heavy atom. The van der Waals surface area contributed by atoms with E-state index in [1.165, 1.54) is 25.6 Å². The molecule has 2 N–H and O–H groups in total. The summed E-state index contributed by atoms with van der Waals surface area (Å²) in [6, 6.07) is 14.9. The van der Waals surface area contributed by atoms with Gasteiger partial charge in [0.25, 0.3) is 0 Å². The number of aryl methyl sites for hydroxylation is 1. The van der Waals surface area contributed by atoms with E-state index in [4.69, 9.17) is 13.9 Å². The first-order chi connectivity index (χ1) is 20.8. The van der Waals surface area contributed by atoms with Crippen LogP contribution in [-0.4, -0.2) is 58.7 Å². The van der Waals surface area contributed by atoms with Crippen LogP contribution < -0.4 is 20.1 Å². The van der Waals surface area contributed by atoms with Crippen molar-refractivity contribution < 1.29 is 23.1 Å². The minimum absolute atomic E-state index is 0.173. The molecule has 0 atom stereocenters. The SMILES string of the molecule is CCc1nnc(-c2cccc(Oc3ccc(Nc4ncnc5cc(OC)c(NC(=O)/C=C/CN(C)C)cc45)c(F)c3)c2)o1. The Bertz CT molecular complexity index is 1790. The predicted octanol–water partition coefficient (Wildman–Crippen LogP) is 5.98. The number of anilines is 3. The minimum atomic E-state index is -0.557. The maximum absolute atomic E-state index is 15.3. The fourth-order valence-corrected chi connectivity index (χ4v) is 4.13. The summed E-state index contributed by atoms with van der Waals surface area (Å²) < 4.78 is 32.2. The van der Waals surface area contributed by atoms with Crippen molar-refractivity contribution in [1.82, 2.24) is 25.1 Å². The van der Waals surface area contributed by atoms with Gasteiger partial charge in [0.2, 0.25) is 17.7 Å². The van der Waals surface area contributed by atoms with E-state index in [1.54, 1.807) is 48.5 Å². The van der Waals surface area contributed by atoms with Crippen LogP contribution in [0, 0.1) is 5.82 Å². The molecule has 0 spiro atoms. The molecule has 0 aliphatic rings. The van der Waals surface area contributed by atoms with E-state index in [0.29, 0.717) is 70.0 Å². The van der Waals surface area contributed by atoms with Gasteiger partial charge in [0.1, 0.15) is 35.2 Å². The molecule has 0 saturated heterocycles. The summed E-state index contributed by atoms with van der Waals surface area (Å²) in [6.45, 7) is 2.55. The first kappa shape index (κ1) is 29.1. The van der Waals surface area contributed by atoms with Crippen LogP contribution in [0.5, 0.6) is 17.2 Å². The van der Waals surface area contributed by atoms with E-state index in [-0.39, 0.29) is 11.6 Å². The molecule has 1 amide bonds. The minimum Gasteiger partial charge on any atom is -0.494 e. The van der Waals surface area contributed by atoms with Gasteiger partial charge in [0.15, 0.2) is 0 Å². The number of ether oxygens (including phenoxy) is 2. The number of aromatic nitrogens is 4. The van der Waals surface area contributed by atoms with Crippen LogP contribution in [0.25, 0.3) is 22.4 Å². The second-order valence-corrected chi connectivity index (χ2v) is 9.70. The molecule has 5 rings (SSSR count). The Kier molecular flexibility index (Phi) is 8.87. The second kappa shape index (κ2) is 13.1. The maximum atomic E-state index is 15.3. The number of carbonyl (C=O) groups excluding carboxylic acids is 1. The van der Waals surface area contributed by atoms with Gasteiger partial charge in [-0.2, -0.15) is 0 Å². The number of amides is 1. The zero-order valence-corrected chi connectivity index (χ0v) is 24.1. The molecule has 2 heterocycles. The van der Waals surface area contributed by atoms with Crippen molar-refractivity contribution in [3.8, 4) is 28.7 Å².